The normalized spacial score (nSPS) is 10.8. The SMILES string of the molecule is COc1ccc(-c2[nH]c3ccccc3c2CCC(=O)N(C)CC(=O)Nc2ccccc2SC)cc1. The smallest absolute Gasteiger partial charge is 0.244 e. The number of anilines is 1. The van der Waals surface area contributed by atoms with Gasteiger partial charge in [0.05, 0.1) is 19.3 Å². The summed E-state index contributed by atoms with van der Waals surface area (Å²) in [6, 6.07) is 23.6. The Morgan fingerprint density at radius 1 is 1.00 bits per heavy atom. The van der Waals surface area contributed by atoms with E-state index in [0.29, 0.717) is 12.8 Å². The van der Waals surface area contributed by atoms with Crippen molar-refractivity contribution in [1.29, 1.82) is 0 Å². The average molecular weight is 488 g/mol. The first-order chi connectivity index (χ1) is 17.0. The number of ether oxygens (including phenoxy) is 1. The lowest BCUT2D eigenvalue weighted by Crippen LogP contribution is -2.35. The number of carbonyl (C=O) groups is 2. The highest BCUT2D eigenvalue weighted by atomic mass is 32.2. The van der Waals surface area contributed by atoms with Crippen molar-refractivity contribution in [2.45, 2.75) is 17.7 Å². The number of aryl methyl sites for hydroxylation is 1. The molecule has 35 heavy (non-hydrogen) atoms. The highest BCUT2D eigenvalue weighted by Gasteiger charge is 2.18. The molecule has 0 unspecified atom stereocenters. The summed E-state index contributed by atoms with van der Waals surface area (Å²) >= 11 is 1.57. The second-order valence-corrected chi connectivity index (χ2v) is 9.10. The number of thioether (sulfide) groups is 1. The van der Waals surface area contributed by atoms with Crippen LogP contribution in [-0.4, -0.2) is 48.7 Å². The number of nitrogens with zero attached hydrogens (tertiary/aromatic N) is 1. The molecule has 0 radical (unpaired) electrons. The van der Waals surface area contributed by atoms with Gasteiger partial charge in [0.25, 0.3) is 0 Å². The topological polar surface area (TPSA) is 74.4 Å². The van der Waals surface area contributed by atoms with Crippen LogP contribution >= 0.6 is 11.8 Å². The summed E-state index contributed by atoms with van der Waals surface area (Å²) in [5, 5.41) is 4.01. The lowest BCUT2D eigenvalue weighted by Gasteiger charge is -2.18. The van der Waals surface area contributed by atoms with Crippen LogP contribution in [0, 0.1) is 0 Å². The molecule has 180 valence electrons. The van der Waals surface area contributed by atoms with Gasteiger partial charge in [-0.3, -0.25) is 9.59 Å². The zero-order chi connectivity index (χ0) is 24.8. The maximum absolute atomic E-state index is 12.9. The quantitative estimate of drug-likeness (QED) is 0.302. The molecular formula is C28H29N3O3S. The third kappa shape index (κ3) is 5.69. The Labute approximate surface area is 209 Å². The zero-order valence-electron chi connectivity index (χ0n) is 20.1. The molecule has 7 heteroatoms. The summed E-state index contributed by atoms with van der Waals surface area (Å²) in [7, 11) is 3.31. The van der Waals surface area contributed by atoms with E-state index in [-0.39, 0.29) is 18.4 Å². The fourth-order valence-electron chi connectivity index (χ4n) is 4.13. The minimum atomic E-state index is -0.214. The van der Waals surface area contributed by atoms with Crippen molar-refractivity contribution in [3.63, 3.8) is 0 Å². The van der Waals surface area contributed by atoms with E-state index in [1.807, 2.05) is 73.0 Å². The van der Waals surface area contributed by atoms with Gasteiger partial charge in [-0.2, -0.15) is 0 Å². The van der Waals surface area contributed by atoms with E-state index in [1.54, 1.807) is 25.9 Å². The molecule has 0 aliphatic heterocycles. The molecular weight excluding hydrogens is 458 g/mol. The van der Waals surface area contributed by atoms with Crippen molar-refractivity contribution >= 4 is 40.2 Å². The van der Waals surface area contributed by atoms with Gasteiger partial charge in [-0.1, -0.05) is 30.3 Å². The van der Waals surface area contributed by atoms with Gasteiger partial charge in [-0.05, 0) is 66.3 Å². The fourth-order valence-corrected chi connectivity index (χ4v) is 4.68. The monoisotopic (exact) mass is 487 g/mol. The number of methoxy groups -OCH3 is 1. The van der Waals surface area contributed by atoms with Crippen molar-refractivity contribution < 1.29 is 14.3 Å². The van der Waals surface area contributed by atoms with Crippen LogP contribution in [0.15, 0.2) is 77.7 Å². The lowest BCUT2D eigenvalue weighted by atomic mass is 10.0. The van der Waals surface area contributed by atoms with Crippen molar-refractivity contribution in [1.82, 2.24) is 9.88 Å². The lowest BCUT2D eigenvalue weighted by molar-refractivity contribution is -0.133. The van der Waals surface area contributed by atoms with Gasteiger partial charge in [-0.25, -0.2) is 0 Å². The molecule has 0 saturated heterocycles. The highest BCUT2D eigenvalue weighted by Crippen LogP contribution is 2.32. The number of likely N-dealkylation sites (N-methyl/N-ethyl adjacent to an activating group) is 1. The Hall–Kier alpha value is -3.71. The summed E-state index contributed by atoms with van der Waals surface area (Å²) in [5.41, 5.74) is 4.90. The molecule has 6 nitrogen and oxygen atoms in total. The van der Waals surface area contributed by atoms with Gasteiger partial charge in [0.1, 0.15) is 5.75 Å². The van der Waals surface area contributed by atoms with E-state index in [9.17, 15) is 9.59 Å². The zero-order valence-corrected chi connectivity index (χ0v) is 20.9. The fraction of sp³-hybridized carbons (Fsp3) is 0.214. The number of benzene rings is 3. The van der Waals surface area contributed by atoms with Crippen LogP contribution in [0.3, 0.4) is 0 Å². The molecule has 4 rings (SSSR count). The molecule has 0 fully saturated rings. The van der Waals surface area contributed by atoms with Crippen LogP contribution < -0.4 is 10.1 Å². The first kappa shape index (κ1) is 24.4. The number of aromatic nitrogens is 1. The Morgan fingerprint density at radius 2 is 1.71 bits per heavy atom. The first-order valence-corrected chi connectivity index (χ1v) is 12.6. The maximum atomic E-state index is 12.9. The number of aromatic amines is 1. The van der Waals surface area contributed by atoms with Crippen LogP contribution in [-0.2, 0) is 16.0 Å². The van der Waals surface area contributed by atoms with Gasteiger partial charge < -0.3 is 19.9 Å². The molecule has 1 aromatic heterocycles. The number of rotatable bonds is 9. The van der Waals surface area contributed by atoms with Gasteiger partial charge >= 0.3 is 0 Å². The highest BCUT2D eigenvalue weighted by molar-refractivity contribution is 7.98. The van der Waals surface area contributed by atoms with E-state index >= 15 is 0 Å². The van der Waals surface area contributed by atoms with Crippen LogP contribution in [0.4, 0.5) is 5.69 Å². The predicted octanol–water partition coefficient (Wildman–Crippen LogP) is 5.60. The Balaban J connectivity index is 1.45. The van der Waals surface area contributed by atoms with E-state index < -0.39 is 0 Å². The Morgan fingerprint density at radius 3 is 2.46 bits per heavy atom. The van der Waals surface area contributed by atoms with E-state index in [0.717, 1.165) is 44.1 Å². The summed E-state index contributed by atoms with van der Waals surface area (Å²) in [5.74, 6) is 0.499. The molecule has 2 N–H and O–H groups in total. The largest absolute Gasteiger partial charge is 0.497 e. The third-order valence-corrected chi connectivity index (χ3v) is 6.76. The van der Waals surface area contributed by atoms with E-state index in [4.69, 9.17) is 4.74 Å². The maximum Gasteiger partial charge on any atom is 0.244 e. The number of carbonyl (C=O) groups excluding carboxylic acids is 2. The van der Waals surface area contributed by atoms with Crippen LogP contribution in [0.25, 0.3) is 22.2 Å². The summed E-state index contributed by atoms with van der Waals surface area (Å²) in [6.45, 7) is 0.000764. The molecule has 0 aliphatic rings. The van der Waals surface area contributed by atoms with E-state index in [2.05, 4.69) is 16.4 Å². The molecule has 1 heterocycles. The van der Waals surface area contributed by atoms with Gasteiger partial charge in [0, 0.05) is 35.0 Å². The van der Waals surface area contributed by atoms with Crippen molar-refractivity contribution in [2.24, 2.45) is 0 Å². The van der Waals surface area contributed by atoms with Gasteiger partial charge in [-0.15, -0.1) is 11.8 Å². The first-order valence-electron chi connectivity index (χ1n) is 11.4. The molecule has 2 amide bonds. The number of nitrogens with one attached hydrogen (secondary N) is 2. The third-order valence-electron chi connectivity index (χ3n) is 5.97. The van der Waals surface area contributed by atoms with Gasteiger partial charge in [0.15, 0.2) is 0 Å². The van der Waals surface area contributed by atoms with Crippen molar-refractivity contribution in [3.05, 3.63) is 78.4 Å². The average Bonchev–Trinajstić information content (AvgIpc) is 3.26. The summed E-state index contributed by atoms with van der Waals surface area (Å²) in [6.07, 6.45) is 2.83. The van der Waals surface area contributed by atoms with Crippen LogP contribution in [0.5, 0.6) is 5.75 Å². The van der Waals surface area contributed by atoms with E-state index in [1.165, 1.54) is 4.90 Å². The Bertz CT molecular complexity index is 1330. The van der Waals surface area contributed by atoms with Crippen LogP contribution in [0.1, 0.15) is 12.0 Å². The summed E-state index contributed by atoms with van der Waals surface area (Å²) in [4.78, 5) is 31.5. The molecule has 0 bridgehead atoms. The number of fused-ring (bicyclic) bond motifs is 1. The second kappa shape index (κ2) is 11.1. The van der Waals surface area contributed by atoms with Crippen LogP contribution in [0.2, 0.25) is 0 Å². The molecule has 0 atom stereocenters. The molecule has 0 aliphatic carbocycles. The number of hydrogen-bond acceptors (Lipinski definition) is 4. The molecule has 3 aromatic carbocycles. The number of amides is 2. The standard InChI is InChI=1S/C28H29N3O3S/c1-31(18-26(32)29-24-10-6-7-11-25(24)35-3)27(33)17-16-22-21-8-4-5-9-23(21)30-28(22)19-12-14-20(34-2)15-13-19/h4-15,30H,16-18H2,1-3H3,(H,29,32). The van der Waals surface area contributed by atoms with Crippen molar-refractivity contribution in [3.8, 4) is 17.0 Å². The summed E-state index contributed by atoms with van der Waals surface area (Å²) < 4.78 is 5.29. The number of H-pyrrole nitrogens is 1. The van der Waals surface area contributed by atoms with Gasteiger partial charge in [0.2, 0.25) is 11.8 Å². The molecule has 0 saturated carbocycles. The number of hydrogen-bond donors (Lipinski definition) is 2. The minimum Gasteiger partial charge on any atom is -0.497 e. The minimum absolute atomic E-state index is 0.000764. The predicted molar refractivity (Wildman–Crippen MR) is 143 cm³/mol. The second-order valence-electron chi connectivity index (χ2n) is 8.25. The van der Waals surface area contributed by atoms with Crippen molar-refractivity contribution in [2.75, 3.05) is 32.3 Å². The Kier molecular flexibility index (Phi) is 7.77. The molecule has 0 spiro atoms. The number of para-hydroxylation sites is 2. The molecule has 4 aromatic rings.